The van der Waals surface area contributed by atoms with Crippen molar-refractivity contribution in [3.63, 3.8) is 0 Å². The molecule has 2 N–H and O–H groups in total. The minimum atomic E-state index is -0.108. The Balaban J connectivity index is 1.78. The van der Waals surface area contributed by atoms with Crippen molar-refractivity contribution < 1.29 is 14.3 Å². The van der Waals surface area contributed by atoms with Gasteiger partial charge in [0.05, 0.1) is 11.7 Å². The van der Waals surface area contributed by atoms with E-state index in [0.717, 1.165) is 51.1 Å². The van der Waals surface area contributed by atoms with Gasteiger partial charge in [0.1, 0.15) is 0 Å². The number of rotatable bonds is 6. The molecular formula is C21H31N3O3. The first-order valence-corrected chi connectivity index (χ1v) is 10.1. The number of nitrogens with one attached hydrogen (secondary N) is 2. The van der Waals surface area contributed by atoms with Gasteiger partial charge in [-0.3, -0.25) is 9.59 Å². The highest BCUT2D eigenvalue weighted by Gasteiger charge is 2.22. The van der Waals surface area contributed by atoms with E-state index in [1.807, 2.05) is 26.0 Å². The molecule has 0 saturated carbocycles. The third-order valence-electron chi connectivity index (χ3n) is 5.24. The van der Waals surface area contributed by atoms with E-state index in [0.29, 0.717) is 17.8 Å². The molecule has 0 aliphatic carbocycles. The average molecular weight is 373 g/mol. The van der Waals surface area contributed by atoms with Gasteiger partial charge in [0.25, 0.3) is 5.91 Å². The monoisotopic (exact) mass is 373 g/mol. The van der Waals surface area contributed by atoms with Gasteiger partial charge in [0, 0.05) is 43.5 Å². The van der Waals surface area contributed by atoms with E-state index in [1.54, 1.807) is 6.07 Å². The van der Waals surface area contributed by atoms with Gasteiger partial charge in [-0.2, -0.15) is 0 Å². The third kappa shape index (κ3) is 5.22. The quantitative estimate of drug-likeness (QED) is 0.803. The highest BCUT2D eigenvalue weighted by atomic mass is 16.5. The fraction of sp³-hybridized carbons (Fsp3) is 0.619. The van der Waals surface area contributed by atoms with Crippen LogP contribution in [0.5, 0.6) is 0 Å². The fourth-order valence-electron chi connectivity index (χ4n) is 3.60. The summed E-state index contributed by atoms with van der Waals surface area (Å²) < 4.78 is 5.61. The summed E-state index contributed by atoms with van der Waals surface area (Å²) in [5.74, 6) is -0.262. The van der Waals surface area contributed by atoms with Gasteiger partial charge in [0.15, 0.2) is 0 Å². The Hall–Kier alpha value is -2.08. The molecule has 0 bridgehead atoms. The standard InChI is InChI=1S/C21H31N3O3/c1-15(2)20(25)23-16-8-9-19(24-10-4-3-5-11-24)18(13-16)21(26)22-14-17-7-6-12-27-17/h8-9,13,15,17H,3-7,10-12,14H2,1-2H3,(H,22,26)(H,23,25)/t17-/m0/s1. The van der Waals surface area contributed by atoms with Crippen LogP contribution < -0.4 is 15.5 Å². The van der Waals surface area contributed by atoms with Crippen LogP contribution in [0.4, 0.5) is 11.4 Å². The van der Waals surface area contributed by atoms with Gasteiger partial charge in [-0.25, -0.2) is 0 Å². The Bertz CT molecular complexity index is 663. The third-order valence-corrected chi connectivity index (χ3v) is 5.24. The van der Waals surface area contributed by atoms with Crippen molar-refractivity contribution in [3.8, 4) is 0 Å². The van der Waals surface area contributed by atoms with Gasteiger partial charge < -0.3 is 20.3 Å². The Morgan fingerprint density at radius 2 is 1.96 bits per heavy atom. The van der Waals surface area contributed by atoms with Gasteiger partial charge in [0.2, 0.25) is 5.91 Å². The second kappa shape index (κ2) is 9.22. The number of nitrogens with zero attached hydrogens (tertiary/aromatic N) is 1. The highest BCUT2D eigenvalue weighted by molar-refractivity contribution is 6.02. The van der Waals surface area contributed by atoms with Gasteiger partial charge in [-0.05, 0) is 50.3 Å². The molecule has 6 nitrogen and oxygen atoms in total. The van der Waals surface area contributed by atoms with Crippen LogP contribution in [0, 0.1) is 5.92 Å². The zero-order chi connectivity index (χ0) is 19.2. The lowest BCUT2D eigenvalue weighted by Crippen LogP contribution is -2.35. The van der Waals surface area contributed by atoms with Crippen LogP contribution in [0.1, 0.15) is 56.3 Å². The molecule has 0 unspecified atom stereocenters. The molecule has 0 spiro atoms. The second-order valence-electron chi connectivity index (χ2n) is 7.77. The summed E-state index contributed by atoms with van der Waals surface area (Å²) in [4.78, 5) is 27.2. The maximum absolute atomic E-state index is 12.9. The zero-order valence-electron chi connectivity index (χ0n) is 16.4. The summed E-state index contributed by atoms with van der Waals surface area (Å²) in [6.45, 7) is 6.93. The van der Waals surface area contributed by atoms with Gasteiger partial charge in [-0.15, -0.1) is 0 Å². The molecule has 2 aliphatic rings. The molecule has 2 amide bonds. The van der Waals surface area contributed by atoms with E-state index in [9.17, 15) is 9.59 Å². The largest absolute Gasteiger partial charge is 0.376 e. The molecular weight excluding hydrogens is 342 g/mol. The fourth-order valence-corrected chi connectivity index (χ4v) is 3.60. The van der Waals surface area contributed by atoms with Gasteiger partial charge in [-0.1, -0.05) is 13.8 Å². The molecule has 0 aromatic heterocycles. The number of carbonyl (C=O) groups excluding carboxylic acids is 2. The number of hydrogen-bond acceptors (Lipinski definition) is 4. The molecule has 2 heterocycles. The van der Waals surface area contributed by atoms with Crippen molar-refractivity contribution in [1.82, 2.24) is 5.32 Å². The molecule has 1 aromatic carbocycles. The summed E-state index contributed by atoms with van der Waals surface area (Å²) in [7, 11) is 0. The summed E-state index contributed by atoms with van der Waals surface area (Å²) in [5, 5.41) is 5.92. The lowest BCUT2D eigenvalue weighted by Gasteiger charge is -2.30. The number of hydrogen-bond donors (Lipinski definition) is 2. The number of amides is 2. The molecule has 2 aliphatic heterocycles. The van der Waals surface area contributed by atoms with E-state index in [1.165, 1.54) is 6.42 Å². The van der Waals surface area contributed by atoms with Crippen LogP contribution in [0.15, 0.2) is 18.2 Å². The van der Waals surface area contributed by atoms with E-state index in [4.69, 9.17) is 4.74 Å². The Labute approximate surface area is 161 Å². The van der Waals surface area contributed by atoms with Crippen molar-refractivity contribution in [1.29, 1.82) is 0 Å². The van der Waals surface area contributed by atoms with Crippen LogP contribution in [0.3, 0.4) is 0 Å². The maximum atomic E-state index is 12.9. The summed E-state index contributed by atoms with van der Waals surface area (Å²) in [6.07, 6.45) is 5.67. The van der Waals surface area contributed by atoms with E-state index >= 15 is 0 Å². The minimum absolute atomic E-state index is 0.0496. The normalized spacial score (nSPS) is 20.0. The first-order chi connectivity index (χ1) is 13.0. The molecule has 27 heavy (non-hydrogen) atoms. The number of piperidine rings is 1. The first kappa shape index (κ1) is 19.7. The topological polar surface area (TPSA) is 70.7 Å². The Morgan fingerprint density at radius 3 is 2.63 bits per heavy atom. The molecule has 1 atom stereocenters. The number of carbonyl (C=O) groups is 2. The van der Waals surface area contributed by atoms with Crippen molar-refractivity contribution in [2.75, 3.05) is 36.5 Å². The summed E-state index contributed by atoms with van der Waals surface area (Å²) in [5.41, 5.74) is 2.23. The molecule has 2 saturated heterocycles. The summed E-state index contributed by atoms with van der Waals surface area (Å²) >= 11 is 0. The molecule has 1 aromatic rings. The smallest absolute Gasteiger partial charge is 0.253 e. The average Bonchev–Trinajstić information content (AvgIpc) is 3.20. The van der Waals surface area contributed by atoms with Crippen molar-refractivity contribution >= 4 is 23.2 Å². The van der Waals surface area contributed by atoms with E-state index in [-0.39, 0.29) is 23.8 Å². The molecule has 3 rings (SSSR count). The van der Waals surface area contributed by atoms with Crippen LogP contribution in [-0.2, 0) is 9.53 Å². The van der Waals surface area contributed by atoms with E-state index in [2.05, 4.69) is 15.5 Å². The number of anilines is 2. The maximum Gasteiger partial charge on any atom is 0.253 e. The van der Waals surface area contributed by atoms with Crippen LogP contribution in [-0.4, -0.2) is 44.2 Å². The van der Waals surface area contributed by atoms with Crippen molar-refractivity contribution in [3.05, 3.63) is 23.8 Å². The molecule has 6 heteroatoms. The number of benzene rings is 1. The predicted octanol–water partition coefficient (Wildman–Crippen LogP) is 3.18. The summed E-state index contributed by atoms with van der Waals surface area (Å²) in [6, 6.07) is 5.65. The highest BCUT2D eigenvalue weighted by Crippen LogP contribution is 2.27. The molecule has 0 radical (unpaired) electrons. The molecule has 148 valence electrons. The first-order valence-electron chi connectivity index (χ1n) is 10.1. The van der Waals surface area contributed by atoms with Crippen LogP contribution in [0.25, 0.3) is 0 Å². The number of ether oxygens (including phenoxy) is 1. The minimum Gasteiger partial charge on any atom is -0.376 e. The van der Waals surface area contributed by atoms with Crippen LogP contribution >= 0.6 is 0 Å². The van der Waals surface area contributed by atoms with Crippen molar-refractivity contribution in [2.45, 2.75) is 52.1 Å². The SMILES string of the molecule is CC(C)C(=O)Nc1ccc(N2CCCCC2)c(C(=O)NC[C@@H]2CCCO2)c1. The predicted molar refractivity (Wildman–Crippen MR) is 107 cm³/mol. The second-order valence-corrected chi connectivity index (χ2v) is 7.77. The van der Waals surface area contributed by atoms with Gasteiger partial charge >= 0.3 is 0 Å². The Morgan fingerprint density at radius 1 is 1.19 bits per heavy atom. The Kier molecular flexibility index (Phi) is 6.72. The lowest BCUT2D eigenvalue weighted by molar-refractivity contribution is -0.118. The lowest BCUT2D eigenvalue weighted by atomic mass is 10.1. The molecule has 2 fully saturated rings. The van der Waals surface area contributed by atoms with E-state index < -0.39 is 0 Å². The van der Waals surface area contributed by atoms with Crippen molar-refractivity contribution in [2.24, 2.45) is 5.92 Å². The van der Waals surface area contributed by atoms with Crippen LogP contribution in [0.2, 0.25) is 0 Å². The zero-order valence-corrected chi connectivity index (χ0v) is 16.4.